The molecule has 122 valence electrons. The summed E-state index contributed by atoms with van der Waals surface area (Å²) in [6.45, 7) is 10.2. The molecule has 0 rings (SSSR count). The van der Waals surface area contributed by atoms with Crippen LogP contribution in [0.3, 0.4) is 0 Å². The molecule has 0 fully saturated rings. The SMILES string of the molecule is CCOC(=O)C=C(C)C=CCC(C)CCC(Cl)C(C)(C)Cl. The summed E-state index contributed by atoms with van der Waals surface area (Å²) in [7, 11) is 0. The molecule has 0 saturated heterocycles. The summed E-state index contributed by atoms with van der Waals surface area (Å²) in [6, 6.07) is 0. The highest BCUT2D eigenvalue weighted by Gasteiger charge is 2.24. The summed E-state index contributed by atoms with van der Waals surface area (Å²) < 4.78 is 4.86. The Bertz CT molecular complexity index is 367. The number of hydrogen-bond donors (Lipinski definition) is 0. The molecule has 2 unspecified atom stereocenters. The molecule has 0 N–H and O–H groups in total. The summed E-state index contributed by atoms with van der Waals surface area (Å²) in [5.41, 5.74) is 0.901. The number of alkyl halides is 2. The molecule has 0 radical (unpaired) electrons. The molecular formula is C17H28Cl2O2. The topological polar surface area (TPSA) is 26.3 Å². The molecule has 0 aromatic heterocycles. The lowest BCUT2D eigenvalue weighted by Gasteiger charge is -2.23. The second kappa shape index (κ2) is 10.3. The Morgan fingerprint density at radius 3 is 2.48 bits per heavy atom. The maximum absolute atomic E-state index is 11.3. The molecule has 21 heavy (non-hydrogen) atoms. The summed E-state index contributed by atoms with van der Waals surface area (Å²) in [4.78, 5) is 10.9. The first-order valence-corrected chi connectivity index (χ1v) is 8.32. The van der Waals surface area contributed by atoms with Crippen LogP contribution in [0, 0.1) is 5.92 Å². The molecule has 2 atom stereocenters. The van der Waals surface area contributed by atoms with Crippen molar-refractivity contribution in [2.24, 2.45) is 5.92 Å². The van der Waals surface area contributed by atoms with Gasteiger partial charge in [-0.15, -0.1) is 23.2 Å². The number of carbonyl (C=O) groups is 1. The molecule has 0 aliphatic rings. The van der Waals surface area contributed by atoms with E-state index in [1.807, 2.05) is 26.8 Å². The summed E-state index contributed by atoms with van der Waals surface area (Å²) in [5.74, 6) is 0.249. The number of hydrogen-bond acceptors (Lipinski definition) is 2. The molecule has 0 aromatic carbocycles. The largest absolute Gasteiger partial charge is 0.463 e. The highest BCUT2D eigenvalue weighted by Crippen LogP contribution is 2.28. The maximum Gasteiger partial charge on any atom is 0.330 e. The van der Waals surface area contributed by atoms with Crippen LogP contribution in [0.4, 0.5) is 0 Å². The van der Waals surface area contributed by atoms with Gasteiger partial charge in [0.15, 0.2) is 0 Å². The number of rotatable bonds is 9. The van der Waals surface area contributed by atoms with Crippen molar-refractivity contribution in [2.75, 3.05) is 6.61 Å². The first-order chi connectivity index (χ1) is 9.66. The molecule has 2 nitrogen and oxygen atoms in total. The highest BCUT2D eigenvalue weighted by atomic mass is 35.5. The fourth-order valence-corrected chi connectivity index (χ4v) is 2.03. The summed E-state index contributed by atoms with van der Waals surface area (Å²) in [5, 5.41) is -0.0176. The minimum atomic E-state index is -0.365. The van der Waals surface area contributed by atoms with Crippen molar-refractivity contribution < 1.29 is 9.53 Å². The van der Waals surface area contributed by atoms with Gasteiger partial charge in [-0.2, -0.15) is 0 Å². The fraction of sp³-hybridized carbons (Fsp3) is 0.706. The lowest BCUT2D eigenvalue weighted by atomic mass is 9.96. The molecule has 0 spiro atoms. The fourth-order valence-electron chi connectivity index (χ4n) is 1.80. The zero-order valence-corrected chi connectivity index (χ0v) is 15.3. The van der Waals surface area contributed by atoms with Crippen molar-refractivity contribution in [1.82, 2.24) is 0 Å². The van der Waals surface area contributed by atoms with E-state index in [0.717, 1.165) is 24.8 Å². The molecular weight excluding hydrogens is 307 g/mol. The van der Waals surface area contributed by atoms with Gasteiger partial charge in [-0.05, 0) is 58.4 Å². The van der Waals surface area contributed by atoms with Gasteiger partial charge in [-0.3, -0.25) is 0 Å². The van der Waals surface area contributed by atoms with Gasteiger partial charge in [0, 0.05) is 6.08 Å². The third kappa shape index (κ3) is 10.8. The van der Waals surface area contributed by atoms with E-state index in [-0.39, 0.29) is 16.2 Å². The van der Waals surface area contributed by atoms with E-state index in [9.17, 15) is 4.79 Å². The standard InChI is InChI=1S/C17H28Cl2O2/c1-6-21-16(20)12-14(3)9-7-8-13(2)10-11-15(18)17(4,5)19/h7,9,12-13,15H,6,8,10-11H2,1-5H3. The van der Waals surface area contributed by atoms with Crippen LogP contribution in [0.1, 0.15) is 53.9 Å². The Labute approximate surface area is 139 Å². The van der Waals surface area contributed by atoms with Gasteiger partial charge in [0.25, 0.3) is 0 Å². The van der Waals surface area contributed by atoms with Gasteiger partial charge in [-0.1, -0.05) is 19.1 Å². The van der Waals surface area contributed by atoms with Crippen LogP contribution in [-0.2, 0) is 9.53 Å². The van der Waals surface area contributed by atoms with E-state index in [0.29, 0.717) is 12.5 Å². The average Bonchev–Trinajstić information content (AvgIpc) is 2.34. The van der Waals surface area contributed by atoms with Crippen LogP contribution < -0.4 is 0 Å². The third-order valence-electron chi connectivity index (χ3n) is 3.21. The first kappa shape index (κ1) is 20.5. The molecule has 0 heterocycles. The molecule has 4 heteroatoms. The number of carbonyl (C=O) groups excluding carboxylic acids is 1. The van der Waals surface area contributed by atoms with Gasteiger partial charge in [-0.25, -0.2) is 4.79 Å². The number of esters is 1. The Kier molecular flexibility index (Phi) is 10.1. The molecule has 0 amide bonds. The van der Waals surface area contributed by atoms with Crippen LogP contribution in [0.15, 0.2) is 23.8 Å². The number of halogens is 2. The lowest BCUT2D eigenvalue weighted by Crippen LogP contribution is -2.25. The molecule has 0 aliphatic heterocycles. The van der Waals surface area contributed by atoms with Gasteiger partial charge in [0.05, 0.1) is 16.9 Å². The van der Waals surface area contributed by atoms with Crippen molar-refractivity contribution in [3.05, 3.63) is 23.8 Å². The predicted molar refractivity (Wildman–Crippen MR) is 92.1 cm³/mol. The quantitative estimate of drug-likeness (QED) is 0.241. The van der Waals surface area contributed by atoms with Crippen molar-refractivity contribution in [3.8, 4) is 0 Å². The summed E-state index contributed by atoms with van der Waals surface area (Å²) in [6.07, 6.45) is 8.46. The van der Waals surface area contributed by atoms with Crippen LogP contribution >= 0.6 is 23.2 Å². The Balaban J connectivity index is 4.10. The van der Waals surface area contributed by atoms with Gasteiger partial charge in [0.2, 0.25) is 0 Å². The van der Waals surface area contributed by atoms with E-state index < -0.39 is 0 Å². The Hall–Kier alpha value is -0.470. The van der Waals surface area contributed by atoms with E-state index in [1.165, 1.54) is 6.08 Å². The number of allylic oxidation sites excluding steroid dienone is 3. The normalized spacial score (nSPS) is 16.0. The average molecular weight is 335 g/mol. The van der Waals surface area contributed by atoms with Gasteiger partial charge >= 0.3 is 5.97 Å². The monoisotopic (exact) mass is 334 g/mol. The maximum atomic E-state index is 11.3. The van der Waals surface area contributed by atoms with Crippen molar-refractivity contribution in [3.63, 3.8) is 0 Å². The lowest BCUT2D eigenvalue weighted by molar-refractivity contribution is -0.137. The van der Waals surface area contributed by atoms with E-state index in [4.69, 9.17) is 27.9 Å². The highest BCUT2D eigenvalue weighted by molar-refractivity contribution is 6.32. The van der Waals surface area contributed by atoms with Gasteiger partial charge in [0.1, 0.15) is 0 Å². The van der Waals surface area contributed by atoms with E-state index in [1.54, 1.807) is 6.92 Å². The minimum Gasteiger partial charge on any atom is -0.463 e. The van der Waals surface area contributed by atoms with Crippen LogP contribution in [0.5, 0.6) is 0 Å². The zero-order valence-electron chi connectivity index (χ0n) is 13.8. The molecule has 0 aromatic rings. The Morgan fingerprint density at radius 1 is 1.33 bits per heavy atom. The molecule has 0 aliphatic carbocycles. The molecule has 0 saturated carbocycles. The predicted octanol–water partition coefficient (Wildman–Crippen LogP) is 5.48. The van der Waals surface area contributed by atoms with Crippen LogP contribution in [0.2, 0.25) is 0 Å². The third-order valence-corrected chi connectivity index (χ3v) is 4.35. The van der Waals surface area contributed by atoms with Crippen LogP contribution in [-0.4, -0.2) is 22.8 Å². The smallest absolute Gasteiger partial charge is 0.330 e. The van der Waals surface area contributed by atoms with Gasteiger partial charge < -0.3 is 4.74 Å². The molecule has 0 bridgehead atoms. The van der Waals surface area contributed by atoms with Crippen LogP contribution in [0.25, 0.3) is 0 Å². The minimum absolute atomic E-state index is 0.0176. The van der Waals surface area contributed by atoms with E-state index in [2.05, 4.69) is 13.0 Å². The first-order valence-electron chi connectivity index (χ1n) is 7.51. The van der Waals surface area contributed by atoms with Crippen molar-refractivity contribution >= 4 is 29.2 Å². The summed E-state index contributed by atoms with van der Waals surface area (Å²) >= 11 is 12.5. The van der Waals surface area contributed by atoms with Crippen molar-refractivity contribution in [1.29, 1.82) is 0 Å². The number of ether oxygens (including phenoxy) is 1. The Morgan fingerprint density at radius 2 is 1.95 bits per heavy atom. The van der Waals surface area contributed by atoms with E-state index >= 15 is 0 Å². The second-order valence-corrected chi connectivity index (χ2v) is 7.49. The zero-order chi connectivity index (χ0) is 16.5. The van der Waals surface area contributed by atoms with Crippen molar-refractivity contribution in [2.45, 2.75) is 64.1 Å². The second-order valence-electron chi connectivity index (χ2n) is 5.99.